The normalized spacial score (nSPS) is 13.6. The molecular formula is C31H58N2O11. The van der Waals surface area contributed by atoms with Crippen LogP contribution in [-0.2, 0) is 38.1 Å². The van der Waals surface area contributed by atoms with Gasteiger partial charge >= 0.3 is 11.9 Å². The maximum absolute atomic E-state index is 11.7. The van der Waals surface area contributed by atoms with Crippen LogP contribution in [0.4, 0.5) is 0 Å². The first kappa shape index (κ1) is 42.0. The van der Waals surface area contributed by atoms with Crippen molar-refractivity contribution in [2.24, 2.45) is 0 Å². The Labute approximate surface area is 263 Å². The minimum Gasteiger partial charge on any atom is -0.460 e. The number of carbonyl (C=O) groups is 4. The van der Waals surface area contributed by atoms with E-state index in [9.17, 15) is 34.5 Å². The van der Waals surface area contributed by atoms with Crippen molar-refractivity contribution in [1.29, 1.82) is 0 Å². The molecule has 0 aliphatic heterocycles. The van der Waals surface area contributed by atoms with Gasteiger partial charge in [0.1, 0.15) is 6.23 Å². The average Bonchev–Trinajstić information content (AvgIpc) is 3.02. The van der Waals surface area contributed by atoms with Crippen LogP contribution in [-0.4, -0.2) is 139 Å². The molecule has 0 bridgehead atoms. The van der Waals surface area contributed by atoms with Crippen molar-refractivity contribution in [2.45, 2.75) is 104 Å². The van der Waals surface area contributed by atoms with Gasteiger partial charge in [-0.05, 0) is 32.1 Å². The number of ketones is 2. The SMILES string of the molecule is CCCCOCC(O)CN(CCCOC(=O)C(=O)CC)CCC(O)N(CCCOC(=O)C(=O)CC)CC(O)COCCCC. The maximum Gasteiger partial charge on any atom is 0.374 e. The molecule has 0 aromatic carbocycles. The fraction of sp³-hybridized carbons (Fsp3) is 0.871. The molecule has 13 nitrogen and oxygen atoms in total. The second-order valence-corrected chi connectivity index (χ2v) is 10.8. The summed E-state index contributed by atoms with van der Waals surface area (Å²) in [5.41, 5.74) is 0. The summed E-state index contributed by atoms with van der Waals surface area (Å²) < 4.78 is 21.1. The van der Waals surface area contributed by atoms with Crippen LogP contribution in [0, 0.1) is 0 Å². The lowest BCUT2D eigenvalue weighted by Gasteiger charge is -2.32. The number of Topliss-reactive ketones (excluding diaryl/α,β-unsaturated/α-hetero) is 2. The molecule has 0 amide bonds. The molecule has 0 aliphatic rings. The van der Waals surface area contributed by atoms with Crippen molar-refractivity contribution in [3.63, 3.8) is 0 Å². The van der Waals surface area contributed by atoms with Gasteiger partial charge in [-0.15, -0.1) is 0 Å². The van der Waals surface area contributed by atoms with Crippen molar-refractivity contribution in [2.75, 3.05) is 72.4 Å². The van der Waals surface area contributed by atoms with Gasteiger partial charge in [0, 0.05) is 58.8 Å². The van der Waals surface area contributed by atoms with E-state index in [-0.39, 0.29) is 65.3 Å². The first-order valence-electron chi connectivity index (χ1n) is 16.1. The Bertz CT molecular complexity index is 784. The topological polar surface area (TPSA) is 172 Å². The molecule has 0 saturated heterocycles. The van der Waals surface area contributed by atoms with Crippen LogP contribution in [0.5, 0.6) is 0 Å². The first-order valence-corrected chi connectivity index (χ1v) is 16.1. The van der Waals surface area contributed by atoms with E-state index in [2.05, 4.69) is 6.92 Å². The summed E-state index contributed by atoms with van der Waals surface area (Å²) in [7, 11) is 0. The van der Waals surface area contributed by atoms with E-state index >= 15 is 0 Å². The summed E-state index contributed by atoms with van der Waals surface area (Å²) in [4.78, 5) is 49.9. The van der Waals surface area contributed by atoms with Gasteiger partial charge in [0.25, 0.3) is 0 Å². The lowest BCUT2D eigenvalue weighted by Crippen LogP contribution is -2.45. The molecule has 0 fully saturated rings. The Balaban J connectivity index is 5.21. The highest BCUT2D eigenvalue weighted by Crippen LogP contribution is 2.09. The van der Waals surface area contributed by atoms with E-state index < -0.39 is 41.9 Å². The van der Waals surface area contributed by atoms with E-state index in [1.54, 1.807) is 18.7 Å². The fourth-order valence-electron chi connectivity index (χ4n) is 4.08. The molecule has 3 N–H and O–H groups in total. The average molecular weight is 635 g/mol. The molecule has 3 unspecified atom stereocenters. The largest absolute Gasteiger partial charge is 0.460 e. The predicted octanol–water partition coefficient (Wildman–Crippen LogP) is 1.48. The zero-order chi connectivity index (χ0) is 33.2. The summed E-state index contributed by atoms with van der Waals surface area (Å²) in [6.07, 6.45) is 2.25. The van der Waals surface area contributed by atoms with Gasteiger partial charge in [-0.1, -0.05) is 40.5 Å². The smallest absolute Gasteiger partial charge is 0.374 e. The molecule has 0 radical (unpaired) electrons. The summed E-state index contributed by atoms with van der Waals surface area (Å²) in [5, 5.41) is 32.2. The van der Waals surface area contributed by atoms with Gasteiger partial charge in [-0.3, -0.25) is 14.5 Å². The highest BCUT2D eigenvalue weighted by molar-refractivity contribution is 6.33. The van der Waals surface area contributed by atoms with Crippen molar-refractivity contribution >= 4 is 23.5 Å². The number of ether oxygens (including phenoxy) is 4. The molecule has 44 heavy (non-hydrogen) atoms. The standard InChI is InChI=1S/C31H58N2O11/c1-5-9-17-41-23-25(34)21-32(14-11-19-43-30(39)27(36)7-3)16-13-29(38)33(22-26(35)24-42-18-10-6-2)15-12-20-44-31(40)28(37)8-4/h25-26,29,34-35,38H,5-24H2,1-4H3. The molecule has 0 spiro atoms. The van der Waals surface area contributed by atoms with Gasteiger partial charge < -0.3 is 39.2 Å². The molecule has 13 heteroatoms. The summed E-state index contributed by atoms with van der Waals surface area (Å²) in [5.74, 6) is -2.95. The summed E-state index contributed by atoms with van der Waals surface area (Å²) >= 11 is 0. The highest BCUT2D eigenvalue weighted by atomic mass is 16.5. The van der Waals surface area contributed by atoms with Crippen LogP contribution in [0.3, 0.4) is 0 Å². The zero-order valence-corrected chi connectivity index (χ0v) is 27.4. The number of carbonyl (C=O) groups excluding carboxylic acids is 4. The molecular weight excluding hydrogens is 576 g/mol. The minimum absolute atomic E-state index is 0.00745. The number of hydrogen-bond acceptors (Lipinski definition) is 13. The molecule has 0 saturated carbocycles. The molecule has 258 valence electrons. The Kier molecular flexibility index (Phi) is 26.1. The van der Waals surface area contributed by atoms with Gasteiger partial charge in [0.15, 0.2) is 0 Å². The van der Waals surface area contributed by atoms with Crippen molar-refractivity contribution in [3.05, 3.63) is 0 Å². The monoisotopic (exact) mass is 634 g/mol. The second kappa shape index (κ2) is 27.3. The Morgan fingerprint density at radius 2 is 1.09 bits per heavy atom. The number of aliphatic hydroxyl groups excluding tert-OH is 3. The number of rotatable bonds is 30. The molecule has 0 rings (SSSR count). The van der Waals surface area contributed by atoms with Crippen LogP contribution in [0.15, 0.2) is 0 Å². The van der Waals surface area contributed by atoms with Crippen LogP contribution in [0.25, 0.3) is 0 Å². The molecule has 3 atom stereocenters. The zero-order valence-electron chi connectivity index (χ0n) is 27.4. The Morgan fingerprint density at radius 3 is 1.57 bits per heavy atom. The fourth-order valence-corrected chi connectivity index (χ4v) is 4.08. The third-order valence-corrected chi connectivity index (χ3v) is 6.72. The van der Waals surface area contributed by atoms with Crippen LogP contribution in [0.1, 0.15) is 85.5 Å². The van der Waals surface area contributed by atoms with Crippen molar-refractivity contribution in [3.8, 4) is 0 Å². The number of aliphatic hydroxyl groups is 3. The van der Waals surface area contributed by atoms with Crippen LogP contribution >= 0.6 is 0 Å². The van der Waals surface area contributed by atoms with Gasteiger partial charge in [0.05, 0.1) is 38.6 Å². The van der Waals surface area contributed by atoms with Gasteiger partial charge in [0.2, 0.25) is 11.6 Å². The summed E-state index contributed by atoms with van der Waals surface area (Å²) in [6.45, 7) is 10.1. The molecule has 0 aromatic rings. The predicted molar refractivity (Wildman–Crippen MR) is 164 cm³/mol. The third-order valence-electron chi connectivity index (χ3n) is 6.72. The van der Waals surface area contributed by atoms with Crippen molar-refractivity contribution in [1.82, 2.24) is 9.80 Å². The minimum atomic E-state index is -0.978. The van der Waals surface area contributed by atoms with Gasteiger partial charge in [-0.2, -0.15) is 0 Å². The maximum atomic E-state index is 11.7. The third kappa shape index (κ3) is 21.7. The van der Waals surface area contributed by atoms with E-state index in [1.165, 1.54) is 0 Å². The number of nitrogens with zero attached hydrogens (tertiary/aromatic N) is 2. The number of hydrogen-bond donors (Lipinski definition) is 3. The lowest BCUT2D eigenvalue weighted by atomic mass is 10.2. The quantitative estimate of drug-likeness (QED) is 0.0449. The van der Waals surface area contributed by atoms with Gasteiger partial charge in [-0.25, -0.2) is 9.59 Å². The van der Waals surface area contributed by atoms with Crippen LogP contribution < -0.4 is 0 Å². The Hall–Kier alpha value is -2.00. The summed E-state index contributed by atoms with van der Waals surface area (Å²) in [6, 6.07) is 0. The van der Waals surface area contributed by atoms with E-state index in [0.29, 0.717) is 39.1 Å². The van der Waals surface area contributed by atoms with E-state index in [1.807, 2.05) is 11.8 Å². The lowest BCUT2D eigenvalue weighted by molar-refractivity contribution is -0.154. The van der Waals surface area contributed by atoms with Crippen molar-refractivity contribution < 1.29 is 53.4 Å². The highest BCUT2D eigenvalue weighted by Gasteiger charge is 2.22. The second-order valence-electron chi connectivity index (χ2n) is 10.8. The van der Waals surface area contributed by atoms with E-state index in [0.717, 1.165) is 25.7 Å². The molecule has 0 aromatic heterocycles. The molecule has 0 heterocycles. The number of esters is 2. The Morgan fingerprint density at radius 1 is 0.614 bits per heavy atom. The van der Waals surface area contributed by atoms with E-state index in [4.69, 9.17) is 18.9 Å². The number of unbranched alkanes of at least 4 members (excludes halogenated alkanes) is 2. The molecule has 0 aliphatic carbocycles. The van der Waals surface area contributed by atoms with Crippen LogP contribution in [0.2, 0.25) is 0 Å². The first-order chi connectivity index (χ1) is 21.1.